The van der Waals surface area contributed by atoms with Crippen LogP contribution in [-0.2, 0) is 11.2 Å². The Morgan fingerprint density at radius 1 is 1.24 bits per heavy atom. The second-order valence-electron chi connectivity index (χ2n) is 6.30. The molecule has 0 bridgehead atoms. The lowest BCUT2D eigenvalue weighted by Gasteiger charge is -2.27. The van der Waals surface area contributed by atoms with E-state index in [0.29, 0.717) is 12.5 Å². The zero-order valence-electron chi connectivity index (χ0n) is 13.0. The molecule has 2 aliphatic carbocycles. The van der Waals surface area contributed by atoms with Crippen molar-refractivity contribution in [3.05, 3.63) is 11.7 Å². The minimum Gasteiger partial charge on any atom is -0.370 e. The first kappa shape index (κ1) is 15.0. The van der Waals surface area contributed by atoms with E-state index in [1.54, 1.807) is 0 Å². The first-order valence-electron chi connectivity index (χ1n) is 8.54. The van der Waals surface area contributed by atoms with Gasteiger partial charge < -0.3 is 14.6 Å². The van der Waals surface area contributed by atoms with Gasteiger partial charge in [-0.2, -0.15) is 4.98 Å². The first-order valence-corrected chi connectivity index (χ1v) is 8.54. The zero-order valence-corrected chi connectivity index (χ0v) is 13.0. The van der Waals surface area contributed by atoms with Crippen LogP contribution in [0, 0.1) is 5.92 Å². The van der Waals surface area contributed by atoms with E-state index in [1.807, 2.05) is 6.92 Å². The maximum absolute atomic E-state index is 5.93. The minimum absolute atomic E-state index is 0.0178. The Labute approximate surface area is 126 Å². The molecule has 1 unspecified atom stereocenters. The molecule has 5 heteroatoms. The lowest BCUT2D eigenvalue weighted by molar-refractivity contribution is -0.00145. The van der Waals surface area contributed by atoms with Crippen LogP contribution in [0.1, 0.15) is 69.7 Å². The van der Waals surface area contributed by atoms with Crippen LogP contribution in [0.2, 0.25) is 0 Å². The van der Waals surface area contributed by atoms with E-state index in [2.05, 4.69) is 15.5 Å². The van der Waals surface area contributed by atoms with Gasteiger partial charge in [0.05, 0.1) is 0 Å². The number of ether oxygens (including phenoxy) is 1. The second-order valence-corrected chi connectivity index (χ2v) is 6.30. The summed E-state index contributed by atoms with van der Waals surface area (Å²) in [6.07, 6.45) is 9.83. The smallest absolute Gasteiger partial charge is 0.228 e. The molecule has 21 heavy (non-hydrogen) atoms. The molecule has 2 fully saturated rings. The van der Waals surface area contributed by atoms with E-state index in [9.17, 15) is 0 Å². The number of aromatic nitrogens is 2. The summed E-state index contributed by atoms with van der Waals surface area (Å²) in [5.74, 6) is 2.04. The van der Waals surface area contributed by atoms with Gasteiger partial charge in [0.25, 0.3) is 0 Å². The summed E-state index contributed by atoms with van der Waals surface area (Å²) < 4.78 is 11.3. The van der Waals surface area contributed by atoms with Gasteiger partial charge in [0, 0.05) is 25.6 Å². The van der Waals surface area contributed by atoms with Crippen LogP contribution in [0.3, 0.4) is 0 Å². The quantitative estimate of drug-likeness (QED) is 0.798. The van der Waals surface area contributed by atoms with E-state index in [0.717, 1.165) is 30.7 Å². The number of nitrogens with zero attached hydrogens (tertiary/aromatic N) is 2. The second kappa shape index (κ2) is 7.36. The molecular weight excluding hydrogens is 266 g/mol. The van der Waals surface area contributed by atoms with Crippen molar-refractivity contribution in [2.75, 3.05) is 13.2 Å². The van der Waals surface area contributed by atoms with Crippen LogP contribution in [0.15, 0.2) is 4.52 Å². The fraction of sp³-hybridized carbons (Fsp3) is 0.875. The fourth-order valence-corrected chi connectivity index (χ4v) is 3.19. The predicted octanol–water partition coefficient (Wildman–Crippen LogP) is 3.02. The van der Waals surface area contributed by atoms with Crippen molar-refractivity contribution in [3.63, 3.8) is 0 Å². The Morgan fingerprint density at radius 2 is 2.05 bits per heavy atom. The summed E-state index contributed by atoms with van der Waals surface area (Å²) >= 11 is 0. The highest BCUT2D eigenvalue weighted by molar-refractivity contribution is 4.96. The standard InChI is InChI=1S/C16H27N3O2/c1-2-20-15(12-6-4-3-5-7-12)16-18-14(21-19-16)10-11-17-13-8-9-13/h12-13,15,17H,2-11H2,1H3. The maximum Gasteiger partial charge on any atom is 0.228 e. The highest BCUT2D eigenvalue weighted by Gasteiger charge is 2.29. The Balaban J connectivity index is 1.57. The predicted molar refractivity (Wildman–Crippen MR) is 80.0 cm³/mol. The van der Waals surface area contributed by atoms with Gasteiger partial charge >= 0.3 is 0 Å². The van der Waals surface area contributed by atoms with Gasteiger partial charge in [0.1, 0.15) is 6.10 Å². The highest BCUT2D eigenvalue weighted by Crippen LogP contribution is 2.35. The van der Waals surface area contributed by atoms with Crippen molar-refractivity contribution in [1.29, 1.82) is 0 Å². The van der Waals surface area contributed by atoms with E-state index < -0.39 is 0 Å². The molecule has 3 rings (SSSR count). The summed E-state index contributed by atoms with van der Waals surface area (Å²) in [6.45, 7) is 3.67. The SMILES string of the molecule is CCOC(c1noc(CCNC2CC2)n1)C1CCCCC1. The number of hydrogen-bond acceptors (Lipinski definition) is 5. The van der Waals surface area contributed by atoms with Crippen LogP contribution < -0.4 is 5.32 Å². The third-order valence-electron chi connectivity index (χ3n) is 4.51. The Kier molecular flexibility index (Phi) is 5.25. The molecule has 2 aliphatic rings. The van der Waals surface area contributed by atoms with Crippen molar-refractivity contribution < 1.29 is 9.26 Å². The molecule has 1 N–H and O–H groups in total. The molecule has 1 aromatic rings. The number of nitrogens with one attached hydrogen (secondary N) is 1. The molecule has 0 aromatic carbocycles. The van der Waals surface area contributed by atoms with E-state index in [-0.39, 0.29) is 6.10 Å². The van der Waals surface area contributed by atoms with Gasteiger partial charge in [-0.25, -0.2) is 0 Å². The molecule has 0 spiro atoms. The van der Waals surface area contributed by atoms with Crippen LogP contribution in [0.4, 0.5) is 0 Å². The fourth-order valence-electron chi connectivity index (χ4n) is 3.19. The first-order chi connectivity index (χ1) is 10.4. The molecule has 0 radical (unpaired) electrons. The van der Waals surface area contributed by atoms with Gasteiger partial charge in [-0.15, -0.1) is 0 Å². The van der Waals surface area contributed by atoms with Crippen LogP contribution in [-0.4, -0.2) is 29.3 Å². The van der Waals surface area contributed by atoms with E-state index in [1.165, 1.54) is 44.9 Å². The van der Waals surface area contributed by atoms with Crippen molar-refractivity contribution in [1.82, 2.24) is 15.5 Å². The average molecular weight is 293 g/mol. The molecule has 0 saturated heterocycles. The Bertz CT molecular complexity index is 425. The molecule has 0 aliphatic heterocycles. The highest BCUT2D eigenvalue weighted by atomic mass is 16.5. The molecule has 5 nitrogen and oxygen atoms in total. The summed E-state index contributed by atoms with van der Waals surface area (Å²) in [5.41, 5.74) is 0. The number of hydrogen-bond donors (Lipinski definition) is 1. The van der Waals surface area contributed by atoms with Gasteiger partial charge in [-0.3, -0.25) is 0 Å². The topological polar surface area (TPSA) is 60.2 Å². The van der Waals surface area contributed by atoms with Crippen molar-refractivity contribution in [3.8, 4) is 0 Å². The third-order valence-corrected chi connectivity index (χ3v) is 4.51. The summed E-state index contributed by atoms with van der Waals surface area (Å²) in [6, 6.07) is 0.728. The summed E-state index contributed by atoms with van der Waals surface area (Å²) in [5, 5.41) is 7.66. The van der Waals surface area contributed by atoms with Crippen LogP contribution in [0.25, 0.3) is 0 Å². The molecule has 0 amide bonds. The molecule has 118 valence electrons. The lowest BCUT2D eigenvalue weighted by atomic mass is 9.85. The molecular formula is C16H27N3O2. The van der Waals surface area contributed by atoms with E-state index >= 15 is 0 Å². The van der Waals surface area contributed by atoms with Crippen molar-refractivity contribution in [2.24, 2.45) is 5.92 Å². The van der Waals surface area contributed by atoms with E-state index in [4.69, 9.17) is 9.26 Å². The average Bonchev–Trinajstić information content (AvgIpc) is 3.23. The van der Waals surface area contributed by atoms with Crippen molar-refractivity contribution >= 4 is 0 Å². The minimum atomic E-state index is 0.0178. The Morgan fingerprint density at radius 3 is 2.76 bits per heavy atom. The van der Waals surface area contributed by atoms with Gasteiger partial charge in [0.15, 0.2) is 0 Å². The van der Waals surface area contributed by atoms with Gasteiger partial charge in [0.2, 0.25) is 11.7 Å². The van der Waals surface area contributed by atoms with Crippen molar-refractivity contribution in [2.45, 2.75) is 70.4 Å². The summed E-state index contributed by atoms with van der Waals surface area (Å²) in [4.78, 5) is 4.58. The van der Waals surface area contributed by atoms with Gasteiger partial charge in [-0.05, 0) is 38.5 Å². The van der Waals surface area contributed by atoms with Crippen LogP contribution in [0.5, 0.6) is 0 Å². The lowest BCUT2D eigenvalue weighted by Crippen LogP contribution is -2.21. The Hall–Kier alpha value is -0.940. The van der Waals surface area contributed by atoms with Crippen LogP contribution >= 0.6 is 0 Å². The maximum atomic E-state index is 5.93. The molecule has 1 heterocycles. The monoisotopic (exact) mass is 293 g/mol. The molecule has 1 atom stereocenters. The normalized spacial score (nSPS) is 21.6. The molecule has 1 aromatic heterocycles. The summed E-state index contributed by atoms with van der Waals surface area (Å²) in [7, 11) is 0. The number of rotatable bonds is 8. The third kappa shape index (κ3) is 4.27. The van der Waals surface area contributed by atoms with Gasteiger partial charge in [-0.1, -0.05) is 24.4 Å². The zero-order chi connectivity index (χ0) is 14.5. The molecule has 2 saturated carbocycles. The largest absolute Gasteiger partial charge is 0.370 e.